The minimum absolute atomic E-state index is 0. The molecule has 0 spiro atoms. The molecular formula is C45H75N3O12. The molecule has 2 bridgehead atoms. The number of esters is 1. The van der Waals surface area contributed by atoms with E-state index in [1.807, 2.05) is 26.0 Å². The van der Waals surface area contributed by atoms with Gasteiger partial charge in [-0.2, -0.15) is 0 Å². The Labute approximate surface area is 357 Å². The average molecular weight is 850 g/mol. The molecule has 15 heteroatoms. The number of carbonyl (C=O) groups excluding carboxylic acids is 3. The van der Waals surface area contributed by atoms with Crippen LogP contribution in [-0.4, -0.2) is 131 Å². The molecule has 0 aromatic carbocycles. The van der Waals surface area contributed by atoms with Gasteiger partial charge in [-0.15, -0.1) is 6.58 Å². The third kappa shape index (κ3) is 12.4. The molecule has 4 rings (SSSR count). The maximum atomic E-state index is 14.4. The number of hydrogen-bond donors (Lipinski definition) is 4. The van der Waals surface area contributed by atoms with Crippen LogP contribution in [0.5, 0.6) is 0 Å². The van der Waals surface area contributed by atoms with E-state index < -0.39 is 71.8 Å². The van der Waals surface area contributed by atoms with Gasteiger partial charge in [0.2, 0.25) is 5.79 Å². The van der Waals surface area contributed by atoms with Gasteiger partial charge in [-0.1, -0.05) is 57.2 Å². The standard InChI is InChI=1S/C44H69N3O11.CH4.H2O/c1-10-13-31-19-25(2)18-26(3)20-37(55-8)40-38(56-9)22-28(5)44(52,58-40)41(49)42(50)47-17-12-11-14-34(47)43(51)57-39(29(6)35(48)24-33(31)46-53)27(4)21-30-15-16-32(45)36(23-30)54-7;;/h10,19,21,26,28-31,34-40,45,48,52-53H,1,11-18,20,22-24H2,2-9H3;1H4;1H2/b25-19+,27-21+,45-32?,46-33-;;/t26-,28+,29+,30-,31+,34-,35-,36+,37-,38-,39+,40+,44+;;/m0../s1. The number of fused-ring (bicyclic) bond motifs is 3. The third-order valence-electron chi connectivity index (χ3n) is 12.9. The summed E-state index contributed by atoms with van der Waals surface area (Å²) < 4.78 is 29.9. The summed E-state index contributed by atoms with van der Waals surface area (Å²) in [5.74, 6) is -7.33. The number of nitrogens with one attached hydrogen (secondary N) is 1. The first kappa shape index (κ1) is 52.8. The van der Waals surface area contributed by atoms with Crippen molar-refractivity contribution >= 4 is 29.1 Å². The zero-order valence-corrected chi connectivity index (χ0v) is 36.4. The third-order valence-corrected chi connectivity index (χ3v) is 12.9. The number of methoxy groups -OCH3 is 3. The lowest BCUT2D eigenvalue weighted by Crippen LogP contribution is -2.64. The predicted octanol–water partition coefficient (Wildman–Crippen LogP) is 5.37. The van der Waals surface area contributed by atoms with E-state index in [-0.39, 0.29) is 62.6 Å². The summed E-state index contributed by atoms with van der Waals surface area (Å²) in [4.78, 5) is 44.1. The van der Waals surface area contributed by atoms with Gasteiger partial charge in [0.15, 0.2) is 0 Å². The number of allylic oxidation sites excluding steroid dienone is 4. The lowest BCUT2D eigenvalue weighted by molar-refractivity contribution is -0.302. The molecule has 0 unspecified atom stereocenters. The van der Waals surface area contributed by atoms with Gasteiger partial charge in [-0.3, -0.25) is 9.59 Å². The molecule has 13 atom stereocenters. The lowest BCUT2D eigenvalue weighted by Gasteiger charge is -2.47. The number of carbonyl (C=O) groups is 3. The monoisotopic (exact) mass is 850 g/mol. The second kappa shape index (κ2) is 23.8. The highest BCUT2D eigenvalue weighted by Gasteiger charge is 2.56. The molecule has 0 radical (unpaired) electrons. The van der Waals surface area contributed by atoms with E-state index in [1.165, 1.54) is 19.1 Å². The summed E-state index contributed by atoms with van der Waals surface area (Å²) in [6.45, 7) is 13.3. The van der Waals surface area contributed by atoms with Crippen molar-refractivity contribution in [2.24, 2.45) is 34.7 Å². The topological polar surface area (TPSA) is 229 Å². The van der Waals surface area contributed by atoms with Gasteiger partial charge >= 0.3 is 5.97 Å². The lowest BCUT2D eigenvalue weighted by atomic mass is 9.81. The minimum Gasteiger partial charge on any atom is -0.456 e. The Kier molecular flexibility index (Phi) is 20.9. The number of ketones is 1. The van der Waals surface area contributed by atoms with E-state index in [0.717, 1.165) is 5.57 Å². The Morgan fingerprint density at radius 1 is 1.05 bits per heavy atom. The van der Waals surface area contributed by atoms with Crippen LogP contribution in [0, 0.1) is 35.0 Å². The van der Waals surface area contributed by atoms with Crippen LogP contribution < -0.4 is 0 Å². The van der Waals surface area contributed by atoms with Crippen molar-refractivity contribution in [2.75, 3.05) is 27.9 Å². The van der Waals surface area contributed by atoms with Crippen LogP contribution >= 0.6 is 0 Å². The van der Waals surface area contributed by atoms with Crippen molar-refractivity contribution in [2.45, 2.75) is 161 Å². The normalized spacial score (nSPS) is 38.6. The maximum Gasteiger partial charge on any atom is 0.329 e. The molecule has 0 aromatic heterocycles. The number of cyclic esters (lactones) is 1. The van der Waals surface area contributed by atoms with Gasteiger partial charge in [-0.25, -0.2) is 4.79 Å². The van der Waals surface area contributed by atoms with Crippen LogP contribution in [0.2, 0.25) is 0 Å². The second-order valence-corrected chi connectivity index (χ2v) is 17.3. The SMILES string of the molecule is C.C=CC[C@@H]1/C=C(\C)C[C@H](C)C[C@H](OC)[C@H]2O[C@@](O)(C(=O)C(=O)N3CCCC[C@H]3C(=O)O[C@H](/C(C)=C/[C@@H]3CCC(=N)[C@H](OC)C3)[C@H](C)[C@@H](O)C/C1=N/O)[C@H](C)C[C@@H]2OC.O. The van der Waals surface area contributed by atoms with Crippen molar-refractivity contribution in [1.82, 2.24) is 4.90 Å². The predicted molar refractivity (Wildman–Crippen MR) is 229 cm³/mol. The molecule has 0 aromatic rings. The molecule has 6 N–H and O–H groups in total. The number of amides is 1. The second-order valence-electron chi connectivity index (χ2n) is 17.3. The van der Waals surface area contributed by atoms with E-state index in [9.17, 15) is 29.8 Å². The van der Waals surface area contributed by atoms with Crippen LogP contribution in [0.3, 0.4) is 0 Å². The summed E-state index contributed by atoms with van der Waals surface area (Å²) in [5, 5.41) is 46.2. The van der Waals surface area contributed by atoms with Gasteiger partial charge in [0.1, 0.15) is 18.2 Å². The first-order valence-electron chi connectivity index (χ1n) is 21.0. The molecule has 342 valence electrons. The fourth-order valence-corrected chi connectivity index (χ4v) is 9.43. The number of oxime groups is 1. The number of Topliss-reactive ketones (excluding diaryl/α,β-unsaturated/α-hetero) is 1. The molecule has 15 nitrogen and oxygen atoms in total. The molecular weight excluding hydrogens is 775 g/mol. The molecule has 1 amide bonds. The van der Waals surface area contributed by atoms with Crippen molar-refractivity contribution in [3.8, 4) is 0 Å². The largest absolute Gasteiger partial charge is 0.456 e. The van der Waals surface area contributed by atoms with Crippen LogP contribution in [0.4, 0.5) is 0 Å². The maximum absolute atomic E-state index is 14.4. The number of aliphatic hydroxyl groups excluding tert-OH is 1. The Morgan fingerprint density at radius 2 is 1.72 bits per heavy atom. The molecule has 1 aliphatic carbocycles. The van der Waals surface area contributed by atoms with E-state index in [2.05, 4.69) is 18.7 Å². The quantitative estimate of drug-likeness (QED) is 0.0837. The number of aliphatic hydroxyl groups is 2. The highest BCUT2D eigenvalue weighted by atomic mass is 16.7. The Balaban J connectivity index is 0.00000620. The summed E-state index contributed by atoms with van der Waals surface area (Å²) in [5.41, 5.74) is 2.56. The first-order chi connectivity index (χ1) is 27.5. The number of piperidine rings is 1. The molecule has 2 saturated heterocycles. The van der Waals surface area contributed by atoms with E-state index in [0.29, 0.717) is 68.4 Å². The van der Waals surface area contributed by atoms with Crippen molar-refractivity contribution < 1.29 is 59.0 Å². The van der Waals surface area contributed by atoms with Crippen molar-refractivity contribution in [3.63, 3.8) is 0 Å². The van der Waals surface area contributed by atoms with Gasteiger partial charge < -0.3 is 54.9 Å². The van der Waals surface area contributed by atoms with Gasteiger partial charge in [-0.05, 0) is 95.5 Å². The van der Waals surface area contributed by atoms with Crippen LogP contribution in [0.15, 0.2) is 41.1 Å². The average Bonchev–Trinajstić information content (AvgIpc) is 3.20. The highest BCUT2D eigenvalue weighted by Crippen LogP contribution is 2.39. The Bertz CT molecular complexity index is 1560. The van der Waals surface area contributed by atoms with Crippen LogP contribution in [0.1, 0.15) is 113 Å². The van der Waals surface area contributed by atoms with Gasteiger partial charge in [0.25, 0.3) is 11.7 Å². The highest BCUT2D eigenvalue weighted by molar-refractivity contribution is 6.39. The smallest absolute Gasteiger partial charge is 0.329 e. The molecule has 3 aliphatic heterocycles. The molecule has 1 saturated carbocycles. The Morgan fingerprint density at radius 3 is 2.33 bits per heavy atom. The zero-order chi connectivity index (χ0) is 42.9. The van der Waals surface area contributed by atoms with Crippen molar-refractivity contribution in [1.29, 1.82) is 5.41 Å². The summed E-state index contributed by atoms with van der Waals surface area (Å²) in [6.07, 6.45) is 6.20. The molecule has 3 fully saturated rings. The fraction of sp³-hybridized carbons (Fsp3) is 0.756. The van der Waals surface area contributed by atoms with Gasteiger partial charge in [0.05, 0.1) is 30.1 Å². The molecule has 4 aliphatic rings. The first-order valence-corrected chi connectivity index (χ1v) is 21.0. The van der Waals surface area contributed by atoms with E-state index >= 15 is 0 Å². The zero-order valence-electron chi connectivity index (χ0n) is 36.4. The van der Waals surface area contributed by atoms with E-state index in [4.69, 9.17) is 29.1 Å². The molecule has 60 heavy (non-hydrogen) atoms. The van der Waals surface area contributed by atoms with Gasteiger partial charge in [0, 0.05) is 57.8 Å². The summed E-state index contributed by atoms with van der Waals surface area (Å²) in [7, 11) is 4.65. The number of nitrogens with zero attached hydrogens (tertiary/aromatic N) is 2. The molecule has 3 heterocycles. The minimum atomic E-state index is -2.51. The summed E-state index contributed by atoms with van der Waals surface area (Å²) >= 11 is 0. The fourth-order valence-electron chi connectivity index (χ4n) is 9.43. The van der Waals surface area contributed by atoms with Crippen molar-refractivity contribution in [3.05, 3.63) is 36.0 Å². The van der Waals surface area contributed by atoms with Crippen LogP contribution in [-0.2, 0) is 38.1 Å². The number of rotatable bonds is 7. The van der Waals surface area contributed by atoms with Crippen LogP contribution in [0.25, 0.3) is 0 Å². The Hall–Kier alpha value is -3.31. The van der Waals surface area contributed by atoms with E-state index in [1.54, 1.807) is 27.0 Å². The number of hydrogen-bond acceptors (Lipinski definition) is 13. The summed E-state index contributed by atoms with van der Waals surface area (Å²) in [6, 6.07) is -1.13. The number of ether oxygens (including phenoxy) is 5.